The van der Waals surface area contributed by atoms with Crippen molar-refractivity contribution in [2.75, 3.05) is 7.11 Å². The normalized spacial score (nSPS) is 12.1. The minimum atomic E-state index is -2.48. The molecule has 0 radical (unpaired) electrons. The van der Waals surface area contributed by atoms with Crippen LogP contribution in [0.1, 0.15) is 65.7 Å². The second-order valence-electron chi connectivity index (χ2n) is 9.04. The van der Waals surface area contributed by atoms with Crippen LogP contribution in [0.4, 0.5) is 0 Å². The third-order valence-electron chi connectivity index (χ3n) is 5.74. The number of allylic oxidation sites excluding steroid dienone is 1. The van der Waals surface area contributed by atoms with Crippen LogP contribution in [0.3, 0.4) is 0 Å². The highest BCUT2D eigenvalue weighted by Gasteiger charge is 2.51. The topological polar surface area (TPSA) is 35.5 Å². The molecule has 0 amide bonds. The number of esters is 1. The quantitative estimate of drug-likeness (QED) is 0.177. The van der Waals surface area contributed by atoms with Crippen LogP contribution in [-0.4, -0.2) is 21.4 Å². The summed E-state index contributed by atoms with van der Waals surface area (Å²) in [5.41, 5.74) is 0. The first-order chi connectivity index (χ1) is 14.9. The van der Waals surface area contributed by atoms with E-state index < -0.39 is 8.32 Å². The Morgan fingerprint density at radius 1 is 0.839 bits per heavy atom. The monoisotopic (exact) mass is 438 g/mol. The number of carbonyl (C=O) groups is 1. The van der Waals surface area contributed by atoms with Crippen LogP contribution >= 0.6 is 0 Å². The van der Waals surface area contributed by atoms with Gasteiger partial charge in [-0.25, -0.2) is 0 Å². The van der Waals surface area contributed by atoms with Gasteiger partial charge in [-0.2, -0.15) is 0 Å². The third-order valence-corrected chi connectivity index (χ3v) is 10.6. The number of ether oxygens (including phenoxy) is 1. The third kappa shape index (κ3) is 7.10. The zero-order valence-corrected chi connectivity index (χ0v) is 20.6. The first-order valence-corrected chi connectivity index (χ1v) is 13.3. The number of benzene rings is 2. The minimum absolute atomic E-state index is 0.0142. The fourth-order valence-corrected chi connectivity index (χ4v) is 8.39. The van der Waals surface area contributed by atoms with Crippen molar-refractivity contribution in [3.63, 3.8) is 0 Å². The number of hydrogen-bond donors (Lipinski definition) is 0. The van der Waals surface area contributed by atoms with Crippen molar-refractivity contribution in [1.29, 1.82) is 0 Å². The maximum absolute atomic E-state index is 11.1. The zero-order chi connectivity index (χ0) is 22.6. The molecule has 0 atom stereocenters. The number of hydrogen-bond acceptors (Lipinski definition) is 3. The molecule has 0 N–H and O–H groups in total. The summed E-state index contributed by atoms with van der Waals surface area (Å²) < 4.78 is 11.4. The molecule has 0 fully saturated rings. The molecule has 0 spiro atoms. The summed E-state index contributed by atoms with van der Waals surface area (Å²) in [7, 11) is -1.03. The lowest BCUT2D eigenvalue weighted by atomic mass is 10.1. The number of methoxy groups -OCH3 is 1. The van der Waals surface area contributed by atoms with Crippen molar-refractivity contribution in [2.24, 2.45) is 0 Å². The van der Waals surface area contributed by atoms with Crippen LogP contribution < -0.4 is 10.4 Å². The summed E-state index contributed by atoms with van der Waals surface area (Å²) in [6.07, 6.45) is 11.1. The molecule has 168 valence electrons. The van der Waals surface area contributed by atoms with E-state index in [9.17, 15) is 4.79 Å². The summed E-state index contributed by atoms with van der Waals surface area (Å²) >= 11 is 0. The highest BCUT2D eigenvalue weighted by Crippen LogP contribution is 2.36. The van der Waals surface area contributed by atoms with E-state index in [1.54, 1.807) is 0 Å². The van der Waals surface area contributed by atoms with Gasteiger partial charge in [0, 0.05) is 6.42 Å². The van der Waals surface area contributed by atoms with E-state index in [1.165, 1.54) is 23.9 Å². The molecule has 2 aromatic rings. The van der Waals surface area contributed by atoms with Crippen LogP contribution in [0, 0.1) is 0 Å². The average molecular weight is 439 g/mol. The van der Waals surface area contributed by atoms with Gasteiger partial charge in [-0.1, -0.05) is 107 Å². The number of rotatable bonds is 12. The highest BCUT2D eigenvalue weighted by atomic mass is 28.4. The van der Waals surface area contributed by atoms with Gasteiger partial charge in [-0.3, -0.25) is 4.79 Å². The second kappa shape index (κ2) is 12.5. The Bertz CT molecular complexity index is 755. The molecule has 0 bridgehead atoms. The van der Waals surface area contributed by atoms with Gasteiger partial charge in [-0.05, 0) is 34.7 Å². The molecule has 0 aliphatic rings. The van der Waals surface area contributed by atoms with Crippen molar-refractivity contribution in [2.45, 2.75) is 70.8 Å². The van der Waals surface area contributed by atoms with E-state index >= 15 is 0 Å². The van der Waals surface area contributed by atoms with Crippen molar-refractivity contribution < 1.29 is 14.0 Å². The van der Waals surface area contributed by atoms with Crippen LogP contribution in [0.15, 0.2) is 73.0 Å². The summed E-state index contributed by atoms with van der Waals surface area (Å²) in [6.45, 7) is 6.88. The Hall–Kier alpha value is -2.33. The first kappa shape index (κ1) is 24.9. The second-order valence-corrected chi connectivity index (χ2v) is 13.3. The van der Waals surface area contributed by atoms with E-state index in [0.29, 0.717) is 6.42 Å². The highest BCUT2D eigenvalue weighted by molar-refractivity contribution is 6.99. The lowest BCUT2D eigenvalue weighted by molar-refractivity contribution is -0.140. The molecule has 2 aromatic carbocycles. The molecule has 31 heavy (non-hydrogen) atoms. The largest absolute Gasteiger partial charge is 0.540 e. The molecule has 0 saturated carbocycles. The van der Waals surface area contributed by atoms with Crippen LogP contribution in [-0.2, 0) is 14.0 Å². The molecular weight excluding hydrogens is 400 g/mol. The van der Waals surface area contributed by atoms with Gasteiger partial charge in [0.1, 0.15) is 0 Å². The summed E-state index contributed by atoms with van der Waals surface area (Å²) in [6, 6.07) is 21.4. The van der Waals surface area contributed by atoms with E-state index in [2.05, 4.69) is 92.2 Å². The Morgan fingerprint density at radius 2 is 1.35 bits per heavy atom. The first-order valence-electron chi connectivity index (χ1n) is 11.4. The fourth-order valence-electron chi connectivity index (χ4n) is 4.07. The Morgan fingerprint density at radius 3 is 1.87 bits per heavy atom. The zero-order valence-electron chi connectivity index (χ0n) is 19.6. The van der Waals surface area contributed by atoms with Gasteiger partial charge in [0.15, 0.2) is 0 Å². The molecule has 0 aromatic heterocycles. The molecule has 2 rings (SSSR count). The molecule has 0 aliphatic heterocycles. The van der Waals surface area contributed by atoms with Crippen LogP contribution in [0.2, 0.25) is 5.04 Å². The smallest absolute Gasteiger partial charge is 0.319 e. The minimum Gasteiger partial charge on any atom is -0.540 e. The van der Waals surface area contributed by atoms with Gasteiger partial charge < -0.3 is 9.16 Å². The predicted octanol–water partition coefficient (Wildman–Crippen LogP) is 5.98. The lowest BCUT2D eigenvalue weighted by Gasteiger charge is -2.41. The van der Waals surface area contributed by atoms with Crippen molar-refractivity contribution >= 4 is 24.7 Å². The molecule has 0 heterocycles. The van der Waals surface area contributed by atoms with Gasteiger partial charge in [0.25, 0.3) is 0 Å². The average Bonchev–Trinajstić information content (AvgIpc) is 2.77. The number of carbonyl (C=O) groups excluding carboxylic acids is 1. The van der Waals surface area contributed by atoms with Crippen LogP contribution in [0.25, 0.3) is 0 Å². The van der Waals surface area contributed by atoms with E-state index in [0.717, 1.165) is 32.1 Å². The standard InChI is InChI=1S/C27H38O3Si/c1-27(2,3)31(24-18-12-10-13-19-24,25-20-14-11-15-21-25)30-23-17-9-7-5-6-8-16-22-26(28)29-4/h10-15,17-21,23H,5-9,16,22H2,1-4H3/b23-17+. The number of unbranched alkanes of at least 4 members (excludes halogenated alkanes) is 5. The van der Waals surface area contributed by atoms with Crippen molar-refractivity contribution in [1.82, 2.24) is 0 Å². The van der Waals surface area contributed by atoms with Crippen molar-refractivity contribution in [3.05, 3.63) is 73.0 Å². The maximum atomic E-state index is 11.1. The SMILES string of the molecule is COC(=O)CCCCCCC/C=C/O[Si](c1ccccc1)(c1ccccc1)C(C)(C)C. The van der Waals surface area contributed by atoms with E-state index in [-0.39, 0.29) is 11.0 Å². The molecule has 0 saturated heterocycles. The van der Waals surface area contributed by atoms with Gasteiger partial charge in [-0.15, -0.1) is 0 Å². The molecule has 0 aliphatic carbocycles. The van der Waals surface area contributed by atoms with Gasteiger partial charge in [0.2, 0.25) is 0 Å². The summed E-state index contributed by atoms with van der Waals surface area (Å²) in [5, 5.41) is 2.58. The molecule has 0 unspecified atom stereocenters. The Kier molecular flexibility index (Phi) is 10.1. The Balaban J connectivity index is 1.99. The predicted molar refractivity (Wildman–Crippen MR) is 132 cm³/mol. The van der Waals surface area contributed by atoms with E-state index in [4.69, 9.17) is 4.43 Å². The van der Waals surface area contributed by atoms with Crippen LogP contribution in [0.5, 0.6) is 0 Å². The van der Waals surface area contributed by atoms with Gasteiger partial charge >= 0.3 is 14.3 Å². The van der Waals surface area contributed by atoms with E-state index in [1.807, 2.05) is 6.26 Å². The molecule has 4 heteroatoms. The Labute approximate surface area is 189 Å². The maximum Gasteiger partial charge on any atom is 0.319 e. The molecule has 3 nitrogen and oxygen atoms in total. The van der Waals surface area contributed by atoms with Gasteiger partial charge in [0.05, 0.1) is 13.4 Å². The fraction of sp³-hybridized carbons (Fsp3) is 0.444. The van der Waals surface area contributed by atoms with Crippen molar-refractivity contribution in [3.8, 4) is 0 Å². The summed E-state index contributed by atoms with van der Waals surface area (Å²) in [5.74, 6) is -0.108. The molecular formula is C27H38O3Si. The summed E-state index contributed by atoms with van der Waals surface area (Å²) in [4.78, 5) is 11.1. The lowest BCUT2D eigenvalue weighted by Crippen LogP contribution is -2.65.